The Morgan fingerprint density at radius 1 is 1.19 bits per heavy atom. The van der Waals surface area contributed by atoms with Crippen molar-refractivity contribution in [2.75, 3.05) is 25.1 Å². The molecule has 1 unspecified atom stereocenters. The first-order valence-electron chi connectivity index (χ1n) is 7.52. The Kier molecular flexibility index (Phi) is 7.61. The lowest BCUT2D eigenvalue weighted by Crippen LogP contribution is -2.26. The van der Waals surface area contributed by atoms with Crippen LogP contribution in [0.2, 0.25) is 0 Å². The van der Waals surface area contributed by atoms with Crippen LogP contribution in [0.3, 0.4) is 0 Å². The van der Waals surface area contributed by atoms with Crippen molar-refractivity contribution in [3.05, 3.63) is 18.2 Å². The Morgan fingerprint density at radius 2 is 1.81 bits per heavy atom. The fourth-order valence-electron chi connectivity index (χ4n) is 1.61. The predicted octanol–water partition coefficient (Wildman–Crippen LogP) is 2.80. The summed E-state index contributed by atoms with van der Waals surface area (Å²) in [5, 5.41) is 2.84. The second kappa shape index (κ2) is 9.23. The van der Waals surface area contributed by atoms with Crippen molar-refractivity contribution >= 4 is 11.6 Å². The molecule has 3 N–H and O–H groups in total. The summed E-state index contributed by atoms with van der Waals surface area (Å²) in [6.45, 7) is 7.46. The molecule has 1 rings (SSSR count). The highest BCUT2D eigenvalue weighted by molar-refractivity contribution is 5.92. The molecule has 1 aromatic carbocycles. The Bertz CT molecular complexity index is 449. The minimum absolute atomic E-state index is 0.0961. The molecular weight excluding hydrogens is 268 g/mol. The number of nitrogens with two attached hydrogens (primary N) is 1. The maximum atomic E-state index is 11.9. The molecule has 0 radical (unpaired) electrons. The van der Waals surface area contributed by atoms with Crippen LogP contribution in [0.5, 0.6) is 11.5 Å². The summed E-state index contributed by atoms with van der Waals surface area (Å²) < 4.78 is 11.3. The maximum absolute atomic E-state index is 11.9. The quantitative estimate of drug-likeness (QED) is 0.734. The lowest BCUT2D eigenvalue weighted by Gasteiger charge is -2.15. The molecule has 1 amide bonds. The molecule has 5 heteroatoms. The number of ether oxygens (including phenoxy) is 2. The van der Waals surface area contributed by atoms with Crippen LogP contribution < -0.4 is 20.5 Å². The Balaban J connectivity index is 2.84. The summed E-state index contributed by atoms with van der Waals surface area (Å²) in [7, 11) is 0. The Morgan fingerprint density at radius 3 is 2.38 bits per heavy atom. The van der Waals surface area contributed by atoms with Gasteiger partial charge in [0.15, 0.2) is 11.5 Å². The van der Waals surface area contributed by atoms with Crippen molar-refractivity contribution in [1.82, 2.24) is 0 Å². The minimum Gasteiger partial charge on any atom is -0.490 e. The normalized spacial score (nSPS) is 11.8. The third-order valence-corrected chi connectivity index (χ3v) is 2.94. The highest BCUT2D eigenvalue weighted by Crippen LogP contribution is 2.31. The molecule has 1 atom stereocenters. The van der Waals surface area contributed by atoms with Crippen LogP contribution in [-0.4, -0.2) is 25.7 Å². The molecule has 0 saturated heterocycles. The van der Waals surface area contributed by atoms with E-state index in [1.807, 2.05) is 19.1 Å². The van der Waals surface area contributed by atoms with E-state index in [1.54, 1.807) is 13.0 Å². The van der Waals surface area contributed by atoms with Crippen LogP contribution in [0.1, 0.15) is 33.6 Å². The van der Waals surface area contributed by atoms with Gasteiger partial charge >= 0.3 is 0 Å². The zero-order valence-corrected chi connectivity index (χ0v) is 13.1. The van der Waals surface area contributed by atoms with Gasteiger partial charge < -0.3 is 20.5 Å². The van der Waals surface area contributed by atoms with Crippen LogP contribution in [-0.2, 0) is 4.79 Å². The minimum atomic E-state index is -0.221. The Hall–Kier alpha value is -1.75. The number of rotatable bonds is 9. The second-order valence-corrected chi connectivity index (χ2v) is 4.98. The number of nitrogens with one attached hydrogen (secondary N) is 1. The van der Waals surface area contributed by atoms with Gasteiger partial charge in [0.05, 0.1) is 13.2 Å². The van der Waals surface area contributed by atoms with E-state index in [9.17, 15) is 4.79 Å². The average molecular weight is 294 g/mol. The molecule has 0 spiro atoms. The molecule has 0 aromatic heterocycles. The number of amides is 1. The second-order valence-electron chi connectivity index (χ2n) is 4.98. The van der Waals surface area contributed by atoms with E-state index in [0.29, 0.717) is 36.9 Å². The topological polar surface area (TPSA) is 73.6 Å². The summed E-state index contributed by atoms with van der Waals surface area (Å²) in [4.78, 5) is 11.9. The lowest BCUT2D eigenvalue weighted by molar-refractivity contribution is -0.119. The van der Waals surface area contributed by atoms with Crippen LogP contribution in [0.25, 0.3) is 0 Å². The van der Waals surface area contributed by atoms with Gasteiger partial charge in [-0.2, -0.15) is 0 Å². The SMILES string of the molecule is CCCOc1ccc(NC(=O)C(C)CN)cc1OCCC. The van der Waals surface area contributed by atoms with Crippen molar-refractivity contribution in [1.29, 1.82) is 0 Å². The standard InChI is InChI=1S/C16H26N2O3/c1-4-8-20-14-7-6-13(10-15(14)21-9-5-2)18-16(19)12(3)11-17/h6-7,10,12H,4-5,8-9,11,17H2,1-3H3,(H,18,19). The van der Waals surface area contributed by atoms with E-state index in [1.165, 1.54) is 0 Å². The van der Waals surface area contributed by atoms with Crippen molar-refractivity contribution in [2.24, 2.45) is 11.7 Å². The van der Waals surface area contributed by atoms with Crippen LogP contribution in [0, 0.1) is 5.92 Å². The first-order valence-corrected chi connectivity index (χ1v) is 7.52. The Labute approximate surface area is 126 Å². The van der Waals surface area contributed by atoms with Crippen LogP contribution in [0.15, 0.2) is 18.2 Å². The molecular formula is C16H26N2O3. The van der Waals surface area contributed by atoms with E-state index in [2.05, 4.69) is 12.2 Å². The largest absolute Gasteiger partial charge is 0.490 e. The molecule has 0 aliphatic heterocycles. The van der Waals surface area contributed by atoms with Gasteiger partial charge in [-0.25, -0.2) is 0 Å². The molecule has 0 fully saturated rings. The van der Waals surface area contributed by atoms with Gasteiger partial charge in [0.2, 0.25) is 5.91 Å². The molecule has 0 bridgehead atoms. The van der Waals surface area contributed by atoms with Gasteiger partial charge in [0, 0.05) is 24.2 Å². The molecule has 0 heterocycles. The number of carbonyl (C=O) groups is 1. The van der Waals surface area contributed by atoms with Gasteiger partial charge in [0.1, 0.15) is 0 Å². The summed E-state index contributed by atoms with van der Waals surface area (Å²) >= 11 is 0. The summed E-state index contributed by atoms with van der Waals surface area (Å²) in [6.07, 6.45) is 1.84. The van der Waals surface area contributed by atoms with Gasteiger partial charge in [0.25, 0.3) is 0 Å². The van der Waals surface area contributed by atoms with Gasteiger partial charge in [-0.15, -0.1) is 0 Å². The number of carbonyl (C=O) groups excluding carboxylic acids is 1. The third kappa shape index (κ3) is 5.63. The molecule has 5 nitrogen and oxygen atoms in total. The van der Waals surface area contributed by atoms with Gasteiger partial charge in [-0.05, 0) is 25.0 Å². The zero-order chi connectivity index (χ0) is 15.7. The van der Waals surface area contributed by atoms with E-state index in [-0.39, 0.29) is 11.8 Å². The summed E-state index contributed by atoms with van der Waals surface area (Å²) in [6, 6.07) is 5.43. The van der Waals surface area contributed by atoms with Gasteiger partial charge in [-0.3, -0.25) is 4.79 Å². The monoisotopic (exact) mass is 294 g/mol. The zero-order valence-electron chi connectivity index (χ0n) is 13.1. The highest BCUT2D eigenvalue weighted by atomic mass is 16.5. The van der Waals surface area contributed by atoms with E-state index >= 15 is 0 Å². The summed E-state index contributed by atoms with van der Waals surface area (Å²) in [5.41, 5.74) is 6.19. The number of anilines is 1. The molecule has 0 aliphatic rings. The molecule has 1 aromatic rings. The predicted molar refractivity (Wildman–Crippen MR) is 84.9 cm³/mol. The molecule has 0 saturated carbocycles. The fourth-order valence-corrected chi connectivity index (χ4v) is 1.61. The molecule has 0 aliphatic carbocycles. The average Bonchev–Trinajstić information content (AvgIpc) is 2.50. The fraction of sp³-hybridized carbons (Fsp3) is 0.562. The third-order valence-electron chi connectivity index (χ3n) is 2.94. The van der Waals surface area contributed by atoms with E-state index in [4.69, 9.17) is 15.2 Å². The van der Waals surface area contributed by atoms with Crippen molar-refractivity contribution in [3.63, 3.8) is 0 Å². The number of hydrogen-bond donors (Lipinski definition) is 2. The van der Waals surface area contributed by atoms with E-state index < -0.39 is 0 Å². The van der Waals surface area contributed by atoms with E-state index in [0.717, 1.165) is 12.8 Å². The number of benzene rings is 1. The molecule has 21 heavy (non-hydrogen) atoms. The summed E-state index contributed by atoms with van der Waals surface area (Å²) in [5.74, 6) is 1.04. The first-order chi connectivity index (χ1) is 10.1. The van der Waals surface area contributed by atoms with Crippen LogP contribution in [0.4, 0.5) is 5.69 Å². The maximum Gasteiger partial charge on any atom is 0.228 e. The van der Waals surface area contributed by atoms with Crippen LogP contribution >= 0.6 is 0 Å². The number of hydrogen-bond acceptors (Lipinski definition) is 4. The smallest absolute Gasteiger partial charge is 0.228 e. The van der Waals surface area contributed by atoms with Crippen molar-refractivity contribution < 1.29 is 14.3 Å². The van der Waals surface area contributed by atoms with Crippen molar-refractivity contribution in [2.45, 2.75) is 33.6 Å². The van der Waals surface area contributed by atoms with Crippen molar-refractivity contribution in [3.8, 4) is 11.5 Å². The first kappa shape index (κ1) is 17.3. The molecule has 118 valence electrons. The highest BCUT2D eigenvalue weighted by Gasteiger charge is 2.13. The lowest BCUT2D eigenvalue weighted by atomic mass is 10.1. The van der Waals surface area contributed by atoms with Gasteiger partial charge in [-0.1, -0.05) is 20.8 Å².